The SMILES string of the molecule is Cc1nc(Br)oc1CCN1CCNCC1. The van der Waals surface area contributed by atoms with Gasteiger partial charge in [-0.15, -0.1) is 0 Å². The van der Waals surface area contributed by atoms with Crippen LogP contribution in [0.2, 0.25) is 0 Å². The van der Waals surface area contributed by atoms with E-state index in [0.29, 0.717) is 4.80 Å². The molecule has 1 saturated heterocycles. The van der Waals surface area contributed by atoms with Gasteiger partial charge in [-0.1, -0.05) is 0 Å². The fourth-order valence-corrected chi connectivity index (χ4v) is 2.28. The minimum absolute atomic E-state index is 0.593. The fraction of sp³-hybridized carbons (Fsp3) is 0.700. The third-order valence-corrected chi connectivity index (χ3v) is 3.07. The Hall–Kier alpha value is -0.390. The van der Waals surface area contributed by atoms with Gasteiger partial charge >= 0.3 is 0 Å². The molecule has 1 fully saturated rings. The van der Waals surface area contributed by atoms with Crippen molar-refractivity contribution in [3.63, 3.8) is 0 Å². The Morgan fingerprint density at radius 1 is 1.47 bits per heavy atom. The number of hydrogen-bond acceptors (Lipinski definition) is 4. The second-order valence-corrected chi connectivity index (χ2v) is 4.50. The number of aromatic nitrogens is 1. The van der Waals surface area contributed by atoms with Crippen LogP contribution in [0.5, 0.6) is 0 Å². The van der Waals surface area contributed by atoms with E-state index in [9.17, 15) is 0 Å². The molecule has 5 heteroatoms. The molecule has 1 aromatic heterocycles. The van der Waals surface area contributed by atoms with Crippen LogP contribution in [0.15, 0.2) is 9.22 Å². The number of oxazole rings is 1. The first-order valence-corrected chi connectivity index (χ1v) is 6.10. The van der Waals surface area contributed by atoms with E-state index in [1.807, 2.05) is 6.92 Å². The lowest BCUT2D eigenvalue weighted by atomic mass is 10.2. The zero-order valence-corrected chi connectivity index (χ0v) is 10.5. The summed E-state index contributed by atoms with van der Waals surface area (Å²) in [6, 6.07) is 0. The first kappa shape index (κ1) is 11.1. The number of nitrogens with one attached hydrogen (secondary N) is 1. The number of piperazine rings is 1. The molecule has 0 radical (unpaired) electrons. The Labute approximate surface area is 98.2 Å². The van der Waals surface area contributed by atoms with E-state index >= 15 is 0 Å². The molecular weight excluding hydrogens is 258 g/mol. The van der Waals surface area contributed by atoms with Gasteiger partial charge in [-0.3, -0.25) is 0 Å². The number of aryl methyl sites for hydroxylation is 1. The second-order valence-electron chi connectivity index (χ2n) is 3.82. The van der Waals surface area contributed by atoms with Crippen LogP contribution in [-0.2, 0) is 6.42 Å². The summed E-state index contributed by atoms with van der Waals surface area (Å²) in [5.41, 5.74) is 0.997. The van der Waals surface area contributed by atoms with Crippen LogP contribution in [0, 0.1) is 6.92 Å². The maximum atomic E-state index is 5.47. The van der Waals surface area contributed by atoms with E-state index in [-0.39, 0.29) is 0 Å². The number of rotatable bonds is 3. The molecule has 0 atom stereocenters. The predicted molar refractivity (Wildman–Crippen MR) is 62.0 cm³/mol. The van der Waals surface area contributed by atoms with Crippen molar-refractivity contribution in [3.05, 3.63) is 16.3 Å². The van der Waals surface area contributed by atoms with Crippen molar-refractivity contribution in [3.8, 4) is 0 Å². The van der Waals surface area contributed by atoms with Gasteiger partial charge in [0.1, 0.15) is 5.76 Å². The van der Waals surface area contributed by atoms with E-state index in [1.54, 1.807) is 0 Å². The largest absolute Gasteiger partial charge is 0.436 e. The van der Waals surface area contributed by atoms with Gasteiger partial charge in [0.25, 0.3) is 4.80 Å². The molecule has 0 amide bonds. The van der Waals surface area contributed by atoms with Crippen LogP contribution in [-0.4, -0.2) is 42.6 Å². The topological polar surface area (TPSA) is 41.3 Å². The molecule has 0 bridgehead atoms. The summed E-state index contributed by atoms with van der Waals surface area (Å²) < 4.78 is 5.47. The molecule has 1 N–H and O–H groups in total. The summed E-state index contributed by atoms with van der Waals surface area (Å²) >= 11 is 3.25. The lowest BCUT2D eigenvalue weighted by Gasteiger charge is -2.26. The van der Waals surface area contributed by atoms with E-state index in [4.69, 9.17) is 4.42 Å². The third-order valence-electron chi connectivity index (χ3n) is 2.73. The van der Waals surface area contributed by atoms with Gasteiger partial charge in [-0.2, -0.15) is 0 Å². The highest BCUT2D eigenvalue weighted by atomic mass is 79.9. The first-order valence-electron chi connectivity index (χ1n) is 5.30. The quantitative estimate of drug-likeness (QED) is 0.899. The number of nitrogens with zero attached hydrogens (tertiary/aromatic N) is 2. The molecular formula is C10H16BrN3O. The van der Waals surface area contributed by atoms with Crippen molar-refractivity contribution >= 4 is 15.9 Å². The summed E-state index contributed by atoms with van der Waals surface area (Å²) in [5.74, 6) is 1.00. The predicted octanol–water partition coefficient (Wildman–Crippen LogP) is 1.19. The highest BCUT2D eigenvalue weighted by Crippen LogP contribution is 2.15. The molecule has 2 heterocycles. The van der Waals surface area contributed by atoms with Crippen LogP contribution in [0.1, 0.15) is 11.5 Å². The zero-order chi connectivity index (χ0) is 10.7. The Kier molecular flexibility index (Phi) is 3.77. The summed E-state index contributed by atoms with van der Waals surface area (Å²) in [6.07, 6.45) is 0.949. The van der Waals surface area contributed by atoms with Gasteiger partial charge in [-0.05, 0) is 6.92 Å². The molecule has 0 aromatic carbocycles. The number of hydrogen-bond donors (Lipinski definition) is 1. The van der Waals surface area contributed by atoms with Crippen molar-refractivity contribution in [1.82, 2.24) is 15.2 Å². The molecule has 1 aromatic rings. The van der Waals surface area contributed by atoms with Gasteiger partial charge in [0.15, 0.2) is 0 Å². The summed E-state index contributed by atoms with van der Waals surface area (Å²) in [4.78, 5) is 7.24. The monoisotopic (exact) mass is 273 g/mol. The Bertz CT molecular complexity index is 320. The maximum absolute atomic E-state index is 5.47. The van der Waals surface area contributed by atoms with Gasteiger partial charge < -0.3 is 14.6 Å². The van der Waals surface area contributed by atoms with Crippen molar-refractivity contribution in [2.24, 2.45) is 0 Å². The molecule has 0 spiro atoms. The summed E-state index contributed by atoms with van der Waals surface area (Å²) in [5, 5.41) is 3.34. The molecule has 4 nitrogen and oxygen atoms in total. The average molecular weight is 274 g/mol. The molecule has 2 rings (SSSR count). The molecule has 1 aliphatic heterocycles. The lowest BCUT2D eigenvalue weighted by Crippen LogP contribution is -2.44. The van der Waals surface area contributed by atoms with Crippen molar-refractivity contribution in [1.29, 1.82) is 0 Å². The molecule has 0 aliphatic carbocycles. The van der Waals surface area contributed by atoms with E-state index in [0.717, 1.165) is 50.6 Å². The molecule has 1 aliphatic rings. The van der Waals surface area contributed by atoms with Gasteiger partial charge in [0.05, 0.1) is 5.69 Å². The highest BCUT2D eigenvalue weighted by Gasteiger charge is 2.12. The van der Waals surface area contributed by atoms with Gasteiger partial charge in [0.2, 0.25) is 0 Å². The molecule has 15 heavy (non-hydrogen) atoms. The minimum Gasteiger partial charge on any atom is -0.436 e. The Morgan fingerprint density at radius 3 is 2.80 bits per heavy atom. The van der Waals surface area contributed by atoms with Crippen molar-refractivity contribution < 1.29 is 4.42 Å². The highest BCUT2D eigenvalue weighted by molar-refractivity contribution is 9.10. The van der Waals surface area contributed by atoms with Gasteiger partial charge in [-0.25, -0.2) is 4.98 Å². The Morgan fingerprint density at radius 2 is 2.20 bits per heavy atom. The maximum Gasteiger partial charge on any atom is 0.264 e. The number of halogens is 1. The molecule has 84 valence electrons. The minimum atomic E-state index is 0.593. The van der Waals surface area contributed by atoms with E-state index < -0.39 is 0 Å². The van der Waals surface area contributed by atoms with Crippen molar-refractivity contribution in [2.45, 2.75) is 13.3 Å². The molecule has 0 saturated carbocycles. The standard InChI is InChI=1S/C10H16BrN3O/c1-8-9(15-10(11)13-8)2-5-14-6-3-12-4-7-14/h12H,2-7H2,1H3. The normalized spacial score (nSPS) is 18.3. The van der Waals surface area contributed by atoms with Gasteiger partial charge in [0, 0.05) is 55.1 Å². The summed E-state index contributed by atoms with van der Waals surface area (Å²) in [6.45, 7) is 7.51. The van der Waals surface area contributed by atoms with Crippen LogP contribution in [0.25, 0.3) is 0 Å². The third kappa shape index (κ3) is 3.03. The average Bonchev–Trinajstić information content (AvgIpc) is 2.56. The van der Waals surface area contributed by atoms with E-state index in [1.165, 1.54) is 0 Å². The molecule has 0 unspecified atom stereocenters. The lowest BCUT2D eigenvalue weighted by molar-refractivity contribution is 0.238. The zero-order valence-electron chi connectivity index (χ0n) is 8.92. The van der Waals surface area contributed by atoms with Crippen molar-refractivity contribution in [2.75, 3.05) is 32.7 Å². The summed E-state index contributed by atoms with van der Waals surface area (Å²) in [7, 11) is 0. The van der Waals surface area contributed by atoms with Crippen LogP contribution in [0.3, 0.4) is 0 Å². The Balaban J connectivity index is 1.84. The fourth-order valence-electron chi connectivity index (χ4n) is 1.82. The smallest absolute Gasteiger partial charge is 0.264 e. The van der Waals surface area contributed by atoms with Crippen LogP contribution >= 0.6 is 15.9 Å². The first-order chi connectivity index (χ1) is 7.25. The second kappa shape index (κ2) is 5.09. The van der Waals surface area contributed by atoms with Crippen LogP contribution < -0.4 is 5.32 Å². The van der Waals surface area contributed by atoms with E-state index in [2.05, 4.69) is 31.1 Å². The van der Waals surface area contributed by atoms with Crippen LogP contribution in [0.4, 0.5) is 0 Å².